The molecule has 0 aliphatic rings. The summed E-state index contributed by atoms with van der Waals surface area (Å²) in [5, 5.41) is 3.54. The van der Waals surface area contributed by atoms with Crippen molar-refractivity contribution in [2.24, 2.45) is 0 Å². The lowest BCUT2D eigenvalue weighted by Gasteiger charge is -2.33. The predicted octanol–water partition coefficient (Wildman–Crippen LogP) is 6.23. The molecule has 3 aromatic rings. The Labute approximate surface area is 258 Å². The van der Waals surface area contributed by atoms with Gasteiger partial charge in [-0.3, -0.25) is 13.9 Å². The van der Waals surface area contributed by atoms with Gasteiger partial charge in [-0.15, -0.1) is 0 Å². The van der Waals surface area contributed by atoms with Crippen molar-refractivity contribution in [3.8, 4) is 5.75 Å². The first-order valence-corrected chi connectivity index (χ1v) is 15.7. The number of benzene rings is 3. The van der Waals surface area contributed by atoms with Crippen LogP contribution in [-0.2, 0) is 26.2 Å². The van der Waals surface area contributed by atoms with Crippen molar-refractivity contribution in [2.45, 2.75) is 64.6 Å². The molecule has 0 aliphatic heterocycles. The van der Waals surface area contributed by atoms with Crippen LogP contribution in [0.5, 0.6) is 5.75 Å². The van der Waals surface area contributed by atoms with Crippen LogP contribution in [0.2, 0.25) is 10.0 Å². The molecule has 0 heterocycles. The van der Waals surface area contributed by atoms with E-state index in [9.17, 15) is 18.0 Å². The molecule has 0 spiro atoms. The number of aryl methyl sites for hydroxylation is 1. The summed E-state index contributed by atoms with van der Waals surface area (Å²) >= 11 is 12.3. The van der Waals surface area contributed by atoms with Gasteiger partial charge in [0, 0.05) is 12.1 Å². The number of anilines is 1. The van der Waals surface area contributed by atoms with Crippen molar-refractivity contribution < 1.29 is 22.7 Å². The Hall–Kier alpha value is -3.27. The van der Waals surface area contributed by atoms with Crippen LogP contribution in [0.4, 0.5) is 5.69 Å². The first kappa shape index (κ1) is 33.2. The summed E-state index contributed by atoms with van der Waals surface area (Å²) in [4.78, 5) is 28.7. The molecule has 0 saturated heterocycles. The topological polar surface area (TPSA) is 96.0 Å². The summed E-state index contributed by atoms with van der Waals surface area (Å²) in [6.07, 6.45) is 0. The van der Waals surface area contributed by atoms with Crippen LogP contribution in [0.15, 0.2) is 71.6 Å². The minimum Gasteiger partial charge on any atom is -0.492 e. The zero-order valence-electron chi connectivity index (χ0n) is 24.6. The van der Waals surface area contributed by atoms with E-state index < -0.39 is 40.0 Å². The lowest BCUT2D eigenvalue weighted by molar-refractivity contribution is -0.140. The smallest absolute Gasteiger partial charge is 0.264 e. The Morgan fingerprint density at radius 2 is 1.62 bits per heavy atom. The van der Waals surface area contributed by atoms with Crippen LogP contribution in [0.25, 0.3) is 0 Å². The van der Waals surface area contributed by atoms with Crippen LogP contribution < -0.4 is 14.4 Å². The third-order valence-electron chi connectivity index (χ3n) is 6.32. The van der Waals surface area contributed by atoms with E-state index in [0.717, 1.165) is 9.87 Å². The summed E-state index contributed by atoms with van der Waals surface area (Å²) in [6, 6.07) is 17.0. The monoisotopic (exact) mass is 633 g/mol. The number of hydrogen-bond acceptors (Lipinski definition) is 5. The quantitative estimate of drug-likeness (QED) is 0.270. The van der Waals surface area contributed by atoms with Crippen molar-refractivity contribution in [3.63, 3.8) is 0 Å². The molecule has 8 nitrogen and oxygen atoms in total. The van der Waals surface area contributed by atoms with Crippen molar-refractivity contribution in [1.82, 2.24) is 10.2 Å². The first-order chi connectivity index (χ1) is 19.6. The Kier molecular flexibility index (Phi) is 10.9. The maximum Gasteiger partial charge on any atom is 0.264 e. The van der Waals surface area contributed by atoms with Gasteiger partial charge >= 0.3 is 0 Å². The molecule has 3 rings (SSSR count). The molecule has 0 unspecified atom stereocenters. The molecule has 0 radical (unpaired) electrons. The lowest BCUT2D eigenvalue weighted by atomic mass is 10.1. The second-order valence-electron chi connectivity index (χ2n) is 10.9. The van der Waals surface area contributed by atoms with E-state index in [4.69, 9.17) is 27.9 Å². The summed E-state index contributed by atoms with van der Waals surface area (Å²) in [7, 11) is -4.23. The Balaban J connectivity index is 2.10. The molecule has 11 heteroatoms. The number of nitrogens with zero attached hydrogens (tertiary/aromatic N) is 2. The average molecular weight is 635 g/mol. The Bertz CT molecular complexity index is 1520. The highest BCUT2D eigenvalue weighted by atomic mass is 35.5. The van der Waals surface area contributed by atoms with Crippen LogP contribution in [-0.4, -0.2) is 49.9 Å². The van der Waals surface area contributed by atoms with E-state index in [1.165, 1.54) is 17.0 Å². The summed E-state index contributed by atoms with van der Waals surface area (Å²) in [5.74, 6) is -0.684. The van der Waals surface area contributed by atoms with E-state index in [1.807, 2.05) is 27.7 Å². The molecular weight excluding hydrogens is 597 g/mol. The van der Waals surface area contributed by atoms with E-state index in [-0.39, 0.29) is 23.7 Å². The Morgan fingerprint density at radius 3 is 2.21 bits per heavy atom. The third-order valence-corrected chi connectivity index (χ3v) is 8.84. The van der Waals surface area contributed by atoms with E-state index in [1.54, 1.807) is 68.4 Å². The van der Waals surface area contributed by atoms with Gasteiger partial charge in [-0.2, -0.15) is 0 Å². The largest absolute Gasteiger partial charge is 0.492 e. The van der Waals surface area contributed by atoms with Gasteiger partial charge in [0.25, 0.3) is 10.0 Å². The first-order valence-electron chi connectivity index (χ1n) is 13.5. The van der Waals surface area contributed by atoms with Gasteiger partial charge < -0.3 is 15.0 Å². The maximum absolute atomic E-state index is 14.1. The van der Waals surface area contributed by atoms with Crippen molar-refractivity contribution >= 4 is 50.7 Å². The second-order valence-corrected chi connectivity index (χ2v) is 13.6. The van der Waals surface area contributed by atoms with Crippen LogP contribution in [0.3, 0.4) is 0 Å². The number of rotatable bonds is 11. The van der Waals surface area contributed by atoms with Gasteiger partial charge in [-0.1, -0.05) is 59.1 Å². The number of hydrogen-bond donors (Lipinski definition) is 1. The van der Waals surface area contributed by atoms with Gasteiger partial charge in [0.1, 0.15) is 18.3 Å². The Morgan fingerprint density at radius 1 is 0.976 bits per heavy atom. The fourth-order valence-corrected chi connectivity index (χ4v) is 5.93. The number of carbonyl (C=O) groups excluding carboxylic acids is 2. The molecule has 1 atom stereocenters. The number of sulfonamides is 1. The SMILES string of the molecule is CCOc1ccccc1N(CC(=O)N(Cc1ccc(Cl)c(Cl)c1)[C@@H](C)C(=O)NC(C)(C)C)S(=O)(=O)c1ccc(C)cc1. The second kappa shape index (κ2) is 13.8. The maximum atomic E-state index is 14.1. The minimum atomic E-state index is -4.23. The van der Waals surface area contributed by atoms with Gasteiger partial charge in [0.2, 0.25) is 11.8 Å². The summed E-state index contributed by atoms with van der Waals surface area (Å²) in [6.45, 7) is 10.4. The highest BCUT2D eigenvalue weighted by molar-refractivity contribution is 7.92. The molecule has 226 valence electrons. The number of ether oxygens (including phenoxy) is 1. The number of amides is 2. The van der Waals surface area contributed by atoms with Gasteiger partial charge in [-0.25, -0.2) is 8.42 Å². The highest BCUT2D eigenvalue weighted by Gasteiger charge is 2.34. The van der Waals surface area contributed by atoms with Crippen molar-refractivity contribution in [2.75, 3.05) is 17.5 Å². The predicted molar refractivity (Wildman–Crippen MR) is 168 cm³/mol. The molecule has 0 saturated carbocycles. The molecule has 3 aromatic carbocycles. The fourth-order valence-electron chi connectivity index (χ4n) is 4.18. The fraction of sp³-hybridized carbons (Fsp3) is 0.355. The normalized spacial score (nSPS) is 12.4. The van der Waals surface area contributed by atoms with Gasteiger partial charge in [0.15, 0.2) is 0 Å². The number of nitrogens with one attached hydrogen (secondary N) is 1. The number of para-hydroxylation sites is 2. The zero-order chi connectivity index (χ0) is 31.2. The summed E-state index contributed by atoms with van der Waals surface area (Å²) in [5.41, 5.74) is 1.16. The molecule has 0 aromatic heterocycles. The highest BCUT2D eigenvalue weighted by Crippen LogP contribution is 2.33. The van der Waals surface area contributed by atoms with Crippen LogP contribution in [0.1, 0.15) is 45.7 Å². The molecule has 0 bridgehead atoms. The van der Waals surface area contributed by atoms with Crippen molar-refractivity contribution in [1.29, 1.82) is 0 Å². The lowest BCUT2D eigenvalue weighted by Crippen LogP contribution is -2.54. The molecule has 42 heavy (non-hydrogen) atoms. The number of carbonyl (C=O) groups is 2. The standard InChI is InChI=1S/C31H37Cl2N3O5S/c1-7-41-28-11-9-8-10-27(28)36(42(39,40)24-15-12-21(2)13-16-24)20-29(37)35(22(3)30(38)34-31(4,5)6)19-23-14-17-25(32)26(33)18-23/h8-18,22H,7,19-20H2,1-6H3,(H,34,38)/t22-/m0/s1. The molecule has 0 aliphatic carbocycles. The molecular formula is C31H37Cl2N3O5S. The van der Waals surface area contributed by atoms with Gasteiger partial charge in [0.05, 0.1) is 27.2 Å². The number of halogens is 2. The molecule has 1 N–H and O–H groups in total. The molecule has 0 fully saturated rings. The van der Waals surface area contributed by atoms with Crippen LogP contribution in [0, 0.1) is 6.92 Å². The van der Waals surface area contributed by atoms with Crippen molar-refractivity contribution in [3.05, 3.63) is 87.9 Å². The van der Waals surface area contributed by atoms with Crippen LogP contribution >= 0.6 is 23.2 Å². The average Bonchev–Trinajstić information content (AvgIpc) is 2.91. The molecule has 2 amide bonds. The van der Waals surface area contributed by atoms with Gasteiger partial charge in [-0.05, 0) is 83.5 Å². The summed E-state index contributed by atoms with van der Waals surface area (Å²) < 4.78 is 34.9. The minimum absolute atomic E-state index is 0.0139. The van der Waals surface area contributed by atoms with E-state index in [2.05, 4.69) is 5.32 Å². The van der Waals surface area contributed by atoms with E-state index >= 15 is 0 Å². The van der Waals surface area contributed by atoms with E-state index in [0.29, 0.717) is 21.4 Å². The zero-order valence-corrected chi connectivity index (χ0v) is 27.0. The third kappa shape index (κ3) is 8.40.